The number of halogens is 3. The van der Waals surface area contributed by atoms with Crippen LogP contribution in [0.5, 0.6) is 0 Å². The quantitative estimate of drug-likeness (QED) is 0.414. The summed E-state index contributed by atoms with van der Waals surface area (Å²) in [5.41, 5.74) is 6.10. The second-order valence-electron chi connectivity index (χ2n) is 8.86. The monoisotopic (exact) mass is 496 g/mol. The highest BCUT2D eigenvalue weighted by Gasteiger charge is 2.44. The third-order valence-electron chi connectivity index (χ3n) is 6.35. The molecule has 186 valence electrons. The summed E-state index contributed by atoms with van der Waals surface area (Å²) in [6.07, 6.45) is 1.78. The van der Waals surface area contributed by atoms with Crippen LogP contribution in [0.4, 0.5) is 13.2 Å². The Balaban J connectivity index is 1.50. The number of hydrogen-bond acceptors (Lipinski definition) is 5. The third-order valence-corrected chi connectivity index (χ3v) is 6.35. The molecule has 0 radical (unpaired) electrons. The maximum Gasteiger partial charge on any atom is 0.416 e. The maximum absolute atomic E-state index is 13.2. The minimum Gasteiger partial charge on any atom is -0.405 e. The van der Waals surface area contributed by atoms with Crippen LogP contribution in [0.3, 0.4) is 0 Å². The number of carbonyl (C=O) groups is 1. The molecule has 1 fully saturated rings. The van der Waals surface area contributed by atoms with Gasteiger partial charge in [0.25, 0.3) is 5.91 Å². The van der Waals surface area contributed by atoms with Crippen molar-refractivity contribution < 1.29 is 23.1 Å². The Hall–Kier alpha value is -4.12. The average molecular weight is 496 g/mol. The van der Waals surface area contributed by atoms with Crippen molar-refractivity contribution in [3.05, 3.63) is 72.1 Å². The molecule has 3 heterocycles. The van der Waals surface area contributed by atoms with Crippen LogP contribution >= 0.6 is 0 Å². The Kier molecular flexibility index (Phi) is 5.59. The maximum atomic E-state index is 13.2. The van der Waals surface area contributed by atoms with Gasteiger partial charge in [-0.05, 0) is 54.7 Å². The summed E-state index contributed by atoms with van der Waals surface area (Å²) in [5.74, 6) is -0.204. The molecule has 0 aliphatic carbocycles. The SMILES string of the molecule is Cn1cc2c3cc(C(=O)N4CC(CO)(N=CC=CN)C4)ccc3n(-c3ccc(C(F)(F)F)cc3)c2n1. The molecule has 2 aromatic carbocycles. The number of nitrogens with zero attached hydrogens (tertiary/aromatic N) is 5. The van der Waals surface area contributed by atoms with Crippen LogP contribution in [0.2, 0.25) is 0 Å². The van der Waals surface area contributed by atoms with Gasteiger partial charge in [0.15, 0.2) is 5.65 Å². The molecule has 0 saturated carbocycles. The molecular formula is C25H23F3N6O2. The predicted molar refractivity (Wildman–Crippen MR) is 130 cm³/mol. The largest absolute Gasteiger partial charge is 0.416 e. The van der Waals surface area contributed by atoms with Gasteiger partial charge in [-0.3, -0.25) is 19.0 Å². The van der Waals surface area contributed by atoms with Gasteiger partial charge in [-0.25, -0.2) is 0 Å². The van der Waals surface area contributed by atoms with Crippen molar-refractivity contribution >= 4 is 34.1 Å². The van der Waals surface area contributed by atoms with E-state index < -0.39 is 17.3 Å². The molecule has 5 rings (SSSR count). The molecule has 36 heavy (non-hydrogen) atoms. The molecule has 0 bridgehead atoms. The Morgan fingerprint density at radius 2 is 1.92 bits per heavy atom. The molecule has 1 aliphatic rings. The fourth-order valence-electron chi connectivity index (χ4n) is 4.55. The highest BCUT2D eigenvalue weighted by atomic mass is 19.4. The molecule has 11 heteroatoms. The number of hydrogen-bond donors (Lipinski definition) is 2. The van der Waals surface area contributed by atoms with Crippen LogP contribution < -0.4 is 5.73 Å². The van der Waals surface area contributed by atoms with Crippen LogP contribution in [0.1, 0.15) is 15.9 Å². The summed E-state index contributed by atoms with van der Waals surface area (Å²) >= 11 is 0. The molecule has 2 aromatic heterocycles. The van der Waals surface area contributed by atoms with Crippen molar-refractivity contribution in [2.24, 2.45) is 17.8 Å². The number of fused-ring (bicyclic) bond motifs is 3. The van der Waals surface area contributed by atoms with E-state index in [9.17, 15) is 23.1 Å². The minimum absolute atomic E-state index is 0.197. The zero-order valence-corrected chi connectivity index (χ0v) is 19.3. The van der Waals surface area contributed by atoms with Crippen LogP contribution in [0.15, 0.2) is 65.9 Å². The van der Waals surface area contributed by atoms with Gasteiger partial charge in [-0.1, -0.05) is 0 Å². The van der Waals surface area contributed by atoms with Crippen LogP contribution in [0, 0.1) is 0 Å². The second kappa shape index (κ2) is 8.52. The van der Waals surface area contributed by atoms with Crippen LogP contribution in [-0.2, 0) is 13.2 Å². The molecule has 3 N–H and O–H groups in total. The Bertz CT molecular complexity index is 1510. The van der Waals surface area contributed by atoms with Crippen molar-refractivity contribution in [2.75, 3.05) is 19.7 Å². The van der Waals surface area contributed by atoms with Gasteiger partial charge >= 0.3 is 6.18 Å². The number of alkyl halides is 3. The molecule has 8 nitrogen and oxygen atoms in total. The van der Waals surface area contributed by atoms with Crippen LogP contribution in [-0.4, -0.2) is 61.7 Å². The molecule has 0 spiro atoms. The predicted octanol–water partition coefficient (Wildman–Crippen LogP) is 3.27. The number of aliphatic hydroxyl groups is 1. The summed E-state index contributed by atoms with van der Waals surface area (Å²) < 4.78 is 42.6. The summed E-state index contributed by atoms with van der Waals surface area (Å²) in [5, 5.41) is 15.8. The number of allylic oxidation sites excluding steroid dienone is 1. The number of nitrogens with two attached hydrogens (primary N) is 1. The first-order chi connectivity index (χ1) is 17.2. The number of aliphatic hydroxyl groups excluding tert-OH is 1. The summed E-state index contributed by atoms with van der Waals surface area (Å²) in [6, 6.07) is 10.1. The van der Waals surface area contributed by atoms with E-state index in [1.165, 1.54) is 24.5 Å². The highest BCUT2D eigenvalue weighted by Crippen LogP contribution is 2.35. The van der Waals surface area contributed by atoms with E-state index in [1.54, 1.807) is 45.5 Å². The molecular weight excluding hydrogens is 473 g/mol. The number of carbonyl (C=O) groups excluding carboxylic acids is 1. The molecule has 0 atom stereocenters. The van der Waals surface area contributed by atoms with Gasteiger partial charge in [0, 0.05) is 41.5 Å². The van der Waals surface area contributed by atoms with E-state index >= 15 is 0 Å². The zero-order chi connectivity index (χ0) is 25.7. The van der Waals surface area contributed by atoms with E-state index in [-0.39, 0.29) is 25.6 Å². The van der Waals surface area contributed by atoms with Crippen molar-refractivity contribution in [1.82, 2.24) is 19.2 Å². The fourth-order valence-corrected chi connectivity index (χ4v) is 4.55. The van der Waals surface area contributed by atoms with E-state index in [4.69, 9.17) is 5.73 Å². The summed E-state index contributed by atoms with van der Waals surface area (Å²) in [4.78, 5) is 19.1. The van der Waals surface area contributed by atoms with Gasteiger partial charge in [-0.2, -0.15) is 18.3 Å². The lowest BCUT2D eigenvalue weighted by molar-refractivity contribution is -0.137. The summed E-state index contributed by atoms with van der Waals surface area (Å²) in [6.45, 7) is 0.339. The van der Waals surface area contributed by atoms with E-state index in [1.807, 2.05) is 6.20 Å². The van der Waals surface area contributed by atoms with Crippen molar-refractivity contribution in [1.29, 1.82) is 0 Å². The number of rotatable bonds is 5. The third kappa shape index (κ3) is 3.91. The smallest absolute Gasteiger partial charge is 0.405 e. The Morgan fingerprint density at radius 1 is 1.19 bits per heavy atom. The number of aryl methyl sites for hydroxylation is 1. The number of likely N-dealkylation sites (tertiary alicyclic amines) is 1. The molecule has 0 unspecified atom stereocenters. The lowest BCUT2D eigenvalue weighted by Gasteiger charge is -2.46. The lowest BCUT2D eigenvalue weighted by atomic mass is 9.90. The zero-order valence-electron chi connectivity index (χ0n) is 19.3. The van der Waals surface area contributed by atoms with Gasteiger partial charge in [0.1, 0.15) is 5.54 Å². The van der Waals surface area contributed by atoms with Crippen LogP contribution in [0.25, 0.3) is 27.6 Å². The highest BCUT2D eigenvalue weighted by molar-refractivity contribution is 6.10. The Labute approximate surface area is 203 Å². The van der Waals surface area contributed by atoms with Gasteiger partial charge in [0.2, 0.25) is 0 Å². The van der Waals surface area contributed by atoms with E-state index in [2.05, 4.69) is 10.1 Å². The standard InChI is InChI=1S/C25H23F3N6O2/c1-32-12-20-19-11-16(23(36)33-13-24(14-33,15-35)30-10-2-9-29)3-8-21(19)34(22(20)31-32)18-6-4-17(5-7-18)25(26,27)28/h2-12,35H,13-15,29H2,1H3. The first-order valence-corrected chi connectivity index (χ1v) is 11.1. The topological polar surface area (TPSA) is 102 Å². The number of aliphatic imine (C=N–C) groups is 1. The van der Waals surface area contributed by atoms with Crippen molar-refractivity contribution in [3.8, 4) is 5.69 Å². The van der Waals surface area contributed by atoms with Gasteiger partial charge in [-0.15, -0.1) is 0 Å². The second-order valence-corrected chi connectivity index (χ2v) is 8.86. The average Bonchev–Trinajstić information content (AvgIpc) is 3.34. The first-order valence-electron chi connectivity index (χ1n) is 11.1. The molecule has 1 amide bonds. The first kappa shape index (κ1) is 23.6. The number of aromatic nitrogens is 3. The number of amides is 1. The van der Waals surface area contributed by atoms with E-state index in [0.29, 0.717) is 16.9 Å². The van der Waals surface area contributed by atoms with Gasteiger partial charge < -0.3 is 15.7 Å². The molecule has 4 aromatic rings. The van der Waals surface area contributed by atoms with Crippen molar-refractivity contribution in [2.45, 2.75) is 11.7 Å². The number of benzene rings is 2. The van der Waals surface area contributed by atoms with Crippen molar-refractivity contribution in [3.63, 3.8) is 0 Å². The fraction of sp³-hybridized carbons (Fsp3) is 0.240. The van der Waals surface area contributed by atoms with Gasteiger partial charge in [0.05, 0.1) is 30.8 Å². The Morgan fingerprint density at radius 3 is 2.56 bits per heavy atom. The lowest BCUT2D eigenvalue weighted by Crippen LogP contribution is -2.64. The minimum atomic E-state index is -4.43. The normalized spacial score (nSPS) is 16.0. The summed E-state index contributed by atoms with van der Waals surface area (Å²) in [7, 11) is 1.76. The molecule has 1 saturated heterocycles. The molecule has 1 aliphatic heterocycles. The van der Waals surface area contributed by atoms with E-state index in [0.717, 1.165) is 28.4 Å².